The van der Waals surface area contributed by atoms with Crippen molar-refractivity contribution in [1.29, 1.82) is 0 Å². The molecule has 1 aromatic heterocycles. The fraction of sp³-hybridized carbons (Fsp3) is 0.0952. The van der Waals surface area contributed by atoms with Crippen LogP contribution in [-0.2, 0) is 11.2 Å². The zero-order valence-corrected chi connectivity index (χ0v) is 15.7. The molecule has 154 valence electrons. The van der Waals surface area contributed by atoms with Gasteiger partial charge in [0, 0.05) is 29.6 Å². The summed E-state index contributed by atoms with van der Waals surface area (Å²) in [5, 5.41) is 14.2. The molecule has 3 rings (SSSR count). The number of hydrogen-bond acceptors (Lipinski definition) is 3. The predicted octanol–water partition coefficient (Wildman–Crippen LogP) is 3.58. The number of carboxylic acid groups (broad SMARTS) is 1. The smallest absolute Gasteiger partial charge is 0.323 e. The highest BCUT2D eigenvalue weighted by Crippen LogP contribution is 2.29. The number of carbonyl (C=O) groups excluding carboxylic acids is 2. The van der Waals surface area contributed by atoms with E-state index in [2.05, 4.69) is 15.6 Å². The number of anilines is 2. The van der Waals surface area contributed by atoms with Crippen molar-refractivity contribution in [2.45, 2.75) is 12.8 Å². The summed E-state index contributed by atoms with van der Waals surface area (Å²) in [6, 6.07) is 11.5. The van der Waals surface area contributed by atoms with Gasteiger partial charge in [-0.25, -0.2) is 9.18 Å². The highest BCUT2D eigenvalue weighted by Gasteiger charge is 2.18. The summed E-state index contributed by atoms with van der Waals surface area (Å²) in [6.07, 6.45) is 1.71. The van der Waals surface area contributed by atoms with Crippen LogP contribution in [0.5, 0.6) is 0 Å². The first-order chi connectivity index (χ1) is 14.3. The Morgan fingerprint density at radius 3 is 2.07 bits per heavy atom. The van der Waals surface area contributed by atoms with Crippen LogP contribution in [0.15, 0.2) is 54.7 Å². The molecule has 1 heterocycles. The molecule has 0 saturated carbocycles. The largest absolute Gasteiger partial charge is 0.481 e. The van der Waals surface area contributed by atoms with Crippen LogP contribution < -0.4 is 16.4 Å². The summed E-state index contributed by atoms with van der Waals surface area (Å²) >= 11 is 0. The van der Waals surface area contributed by atoms with Crippen molar-refractivity contribution in [2.24, 2.45) is 5.73 Å². The average Bonchev–Trinajstić information content (AvgIpc) is 3.13. The number of nitrogens with two attached hydrogens (primary N) is 1. The number of urea groups is 1. The zero-order chi connectivity index (χ0) is 21.7. The number of aromatic amines is 1. The molecule has 0 aliphatic carbocycles. The van der Waals surface area contributed by atoms with Crippen molar-refractivity contribution in [3.63, 3.8) is 0 Å². The minimum absolute atomic E-state index is 0.0910. The van der Waals surface area contributed by atoms with Gasteiger partial charge in [-0.05, 0) is 53.9 Å². The average molecular weight is 410 g/mol. The Hall–Kier alpha value is -4.14. The lowest BCUT2D eigenvalue weighted by Gasteiger charge is -2.10. The van der Waals surface area contributed by atoms with Crippen molar-refractivity contribution in [2.75, 3.05) is 10.6 Å². The topological polar surface area (TPSA) is 137 Å². The van der Waals surface area contributed by atoms with E-state index in [1.807, 2.05) is 0 Å². The summed E-state index contributed by atoms with van der Waals surface area (Å²) in [4.78, 5) is 37.5. The maximum atomic E-state index is 12.9. The minimum Gasteiger partial charge on any atom is -0.481 e. The third kappa shape index (κ3) is 5.02. The maximum Gasteiger partial charge on any atom is 0.323 e. The summed E-state index contributed by atoms with van der Waals surface area (Å²) < 4.78 is 12.9. The van der Waals surface area contributed by atoms with Crippen LogP contribution in [0.4, 0.5) is 20.6 Å². The SMILES string of the molecule is NC(=O)c1[nH]cc(CCC(=O)O)c1-c1ccc(NC(=O)Nc2ccc(F)cc2)cc1. The lowest BCUT2D eigenvalue weighted by atomic mass is 9.98. The number of rotatable bonds is 7. The first kappa shape index (κ1) is 20.6. The van der Waals surface area contributed by atoms with Crippen LogP contribution in [0.1, 0.15) is 22.5 Å². The van der Waals surface area contributed by atoms with Gasteiger partial charge in [0.2, 0.25) is 0 Å². The number of H-pyrrole nitrogens is 1. The van der Waals surface area contributed by atoms with Crippen molar-refractivity contribution in [3.8, 4) is 11.1 Å². The third-order valence-corrected chi connectivity index (χ3v) is 4.35. The molecule has 0 aliphatic rings. The van der Waals surface area contributed by atoms with Crippen molar-refractivity contribution in [3.05, 3.63) is 71.8 Å². The molecule has 0 saturated heterocycles. The second-order valence-electron chi connectivity index (χ2n) is 6.49. The molecule has 30 heavy (non-hydrogen) atoms. The van der Waals surface area contributed by atoms with Crippen LogP contribution in [-0.4, -0.2) is 28.0 Å². The van der Waals surface area contributed by atoms with Crippen molar-refractivity contribution in [1.82, 2.24) is 4.98 Å². The molecule has 3 aromatic rings. The Bertz CT molecular complexity index is 1080. The molecule has 0 unspecified atom stereocenters. The molecular formula is C21H19FN4O4. The molecule has 0 atom stereocenters. The number of nitrogens with one attached hydrogen (secondary N) is 3. The molecule has 0 aliphatic heterocycles. The number of amides is 3. The Labute approximate surface area is 170 Å². The Kier molecular flexibility index (Phi) is 6.11. The van der Waals surface area contributed by atoms with E-state index >= 15 is 0 Å². The Morgan fingerprint density at radius 1 is 0.967 bits per heavy atom. The van der Waals surface area contributed by atoms with E-state index in [1.54, 1.807) is 30.5 Å². The molecule has 6 N–H and O–H groups in total. The standard InChI is InChI=1S/C21H19FN4O4/c22-14-4-8-16(9-5-14)26-21(30)25-15-6-1-12(2-7-15)18-13(3-10-17(27)28)11-24-19(18)20(23)29/h1-2,4-9,11,24H,3,10H2,(H2,23,29)(H,27,28)(H2,25,26,30). The Morgan fingerprint density at radius 2 is 1.53 bits per heavy atom. The number of aromatic nitrogens is 1. The molecule has 0 fully saturated rings. The highest BCUT2D eigenvalue weighted by atomic mass is 19.1. The first-order valence-corrected chi connectivity index (χ1v) is 8.99. The molecular weight excluding hydrogens is 391 g/mol. The van der Waals surface area contributed by atoms with Gasteiger partial charge in [0.1, 0.15) is 11.5 Å². The summed E-state index contributed by atoms with van der Waals surface area (Å²) in [7, 11) is 0. The second kappa shape index (κ2) is 8.91. The van der Waals surface area contributed by atoms with Gasteiger partial charge in [0.05, 0.1) is 0 Å². The highest BCUT2D eigenvalue weighted by molar-refractivity contribution is 6.01. The van der Waals surface area contributed by atoms with Crippen molar-refractivity contribution < 1.29 is 23.9 Å². The number of carboxylic acids is 1. The summed E-state index contributed by atoms with van der Waals surface area (Å²) in [6.45, 7) is 0. The number of aliphatic carboxylic acids is 1. The fourth-order valence-corrected chi connectivity index (χ4v) is 2.97. The number of benzene rings is 2. The number of carbonyl (C=O) groups is 3. The van der Waals surface area contributed by atoms with Gasteiger partial charge in [-0.15, -0.1) is 0 Å². The summed E-state index contributed by atoms with van der Waals surface area (Å²) in [5.74, 6) is -2.01. The molecule has 8 nitrogen and oxygen atoms in total. The van der Waals surface area contributed by atoms with Gasteiger partial charge in [-0.2, -0.15) is 0 Å². The minimum atomic E-state index is -0.950. The lowest BCUT2D eigenvalue weighted by molar-refractivity contribution is -0.136. The monoisotopic (exact) mass is 410 g/mol. The van der Waals surface area contributed by atoms with Gasteiger partial charge in [-0.3, -0.25) is 9.59 Å². The van der Waals surface area contributed by atoms with E-state index in [-0.39, 0.29) is 18.5 Å². The van der Waals surface area contributed by atoms with Gasteiger partial charge < -0.3 is 26.5 Å². The van der Waals surface area contributed by atoms with Crippen molar-refractivity contribution >= 4 is 29.3 Å². The Balaban J connectivity index is 1.75. The van der Waals surface area contributed by atoms with Gasteiger partial charge in [0.15, 0.2) is 0 Å². The first-order valence-electron chi connectivity index (χ1n) is 8.99. The van der Waals surface area contributed by atoms with E-state index in [0.717, 1.165) is 0 Å². The van der Waals surface area contributed by atoms with Crippen LogP contribution >= 0.6 is 0 Å². The molecule has 0 spiro atoms. The van der Waals surface area contributed by atoms with Gasteiger partial charge in [-0.1, -0.05) is 12.1 Å². The van der Waals surface area contributed by atoms with E-state index < -0.39 is 23.7 Å². The van der Waals surface area contributed by atoms with Gasteiger partial charge in [0.25, 0.3) is 5.91 Å². The maximum absolute atomic E-state index is 12.9. The molecule has 2 aromatic carbocycles. The molecule has 3 amide bonds. The number of halogens is 1. The molecule has 9 heteroatoms. The van der Waals surface area contributed by atoms with Crippen LogP contribution in [0.2, 0.25) is 0 Å². The third-order valence-electron chi connectivity index (χ3n) is 4.35. The van der Waals surface area contributed by atoms with E-state index in [0.29, 0.717) is 28.1 Å². The van der Waals surface area contributed by atoms with E-state index in [1.165, 1.54) is 24.3 Å². The van der Waals surface area contributed by atoms with Crippen LogP contribution in [0.3, 0.4) is 0 Å². The van der Waals surface area contributed by atoms with Gasteiger partial charge >= 0.3 is 12.0 Å². The van der Waals surface area contributed by atoms with Crippen LogP contribution in [0, 0.1) is 5.82 Å². The predicted molar refractivity (Wildman–Crippen MR) is 110 cm³/mol. The number of aryl methyl sites for hydroxylation is 1. The number of hydrogen-bond donors (Lipinski definition) is 5. The second-order valence-corrected chi connectivity index (χ2v) is 6.49. The molecule has 0 radical (unpaired) electrons. The molecule has 0 bridgehead atoms. The number of primary amides is 1. The normalized spacial score (nSPS) is 10.4. The lowest BCUT2D eigenvalue weighted by Crippen LogP contribution is -2.19. The zero-order valence-electron chi connectivity index (χ0n) is 15.7. The van der Waals surface area contributed by atoms with E-state index in [9.17, 15) is 18.8 Å². The fourth-order valence-electron chi connectivity index (χ4n) is 2.97. The van der Waals surface area contributed by atoms with E-state index in [4.69, 9.17) is 10.8 Å². The quantitative estimate of drug-likeness (QED) is 0.406. The van der Waals surface area contributed by atoms with Crippen LogP contribution in [0.25, 0.3) is 11.1 Å². The summed E-state index contributed by atoms with van der Waals surface area (Å²) in [5.41, 5.74) is 8.37.